The zero-order chi connectivity index (χ0) is 15.3. The lowest BCUT2D eigenvalue weighted by Gasteiger charge is -2.35. The monoisotopic (exact) mass is 305 g/mol. The molecule has 2 N–H and O–H groups in total. The van der Waals surface area contributed by atoms with Gasteiger partial charge in [0.2, 0.25) is 0 Å². The third-order valence-corrected chi connectivity index (χ3v) is 4.82. The van der Waals surface area contributed by atoms with Crippen LogP contribution in [0.25, 0.3) is 0 Å². The van der Waals surface area contributed by atoms with Crippen LogP contribution in [0.1, 0.15) is 60.5 Å². The van der Waals surface area contributed by atoms with Crippen molar-refractivity contribution in [3.63, 3.8) is 0 Å². The molecule has 3 nitrogen and oxygen atoms in total. The van der Waals surface area contributed by atoms with Crippen LogP contribution < -0.4 is 5.32 Å². The normalized spacial score (nSPS) is 20.4. The van der Waals surface area contributed by atoms with Crippen molar-refractivity contribution in [1.29, 1.82) is 0 Å². The summed E-state index contributed by atoms with van der Waals surface area (Å²) in [6.07, 6.45) is 5.01. The third-order valence-electron chi connectivity index (χ3n) is 3.82. The molecule has 0 saturated heterocycles. The van der Waals surface area contributed by atoms with Crippen LogP contribution in [0.15, 0.2) is 12.1 Å². The van der Waals surface area contributed by atoms with Gasteiger partial charge in [0, 0.05) is 12.5 Å². The lowest BCUT2D eigenvalue weighted by Crippen LogP contribution is -2.40. The first-order valence-electron chi connectivity index (χ1n) is 7.51. The Labute approximate surface area is 130 Å². The van der Waals surface area contributed by atoms with Crippen molar-refractivity contribution >= 4 is 17.2 Å². The van der Waals surface area contributed by atoms with Crippen LogP contribution in [0.3, 0.4) is 0 Å². The molecule has 1 fully saturated rings. The molecule has 0 aliphatic heterocycles. The fourth-order valence-electron chi connectivity index (χ4n) is 2.81. The molecule has 0 bridgehead atoms. The van der Waals surface area contributed by atoms with Crippen molar-refractivity contribution in [3.8, 4) is 11.8 Å². The summed E-state index contributed by atoms with van der Waals surface area (Å²) in [5, 5.41) is 11.9. The van der Waals surface area contributed by atoms with Crippen molar-refractivity contribution in [1.82, 2.24) is 5.32 Å². The van der Waals surface area contributed by atoms with Gasteiger partial charge >= 0.3 is 0 Å². The van der Waals surface area contributed by atoms with Crippen molar-refractivity contribution in [2.75, 3.05) is 6.61 Å². The van der Waals surface area contributed by atoms with Gasteiger partial charge in [-0.1, -0.05) is 32.1 Å². The van der Waals surface area contributed by atoms with Crippen LogP contribution in [0.5, 0.6) is 0 Å². The molecular formula is C17H23NO2S. The number of carbonyl (C=O) groups excluding carboxylic acids is 1. The highest BCUT2D eigenvalue weighted by atomic mass is 32.1. The van der Waals surface area contributed by atoms with E-state index in [-0.39, 0.29) is 18.6 Å². The minimum Gasteiger partial charge on any atom is -0.395 e. The maximum atomic E-state index is 12.3. The van der Waals surface area contributed by atoms with Gasteiger partial charge in [0.05, 0.1) is 16.4 Å². The van der Waals surface area contributed by atoms with Gasteiger partial charge in [-0.25, -0.2) is 0 Å². The number of amides is 1. The Kier molecular flexibility index (Phi) is 5.44. The standard InChI is InChI=1S/C17H23NO2S/c1-17(2)10-5-6-13(12-17)18-16(20)15-9-8-14(21-15)7-3-4-11-19/h8-9,13,19H,4-6,10-12H2,1-2H3,(H,18,20). The maximum Gasteiger partial charge on any atom is 0.261 e. The van der Waals surface area contributed by atoms with Crippen LogP contribution >= 0.6 is 11.3 Å². The summed E-state index contributed by atoms with van der Waals surface area (Å²) in [7, 11) is 0. The van der Waals surface area contributed by atoms with Crippen molar-refractivity contribution in [2.24, 2.45) is 5.41 Å². The van der Waals surface area contributed by atoms with E-state index in [1.165, 1.54) is 24.2 Å². The zero-order valence-corrected chi connectivity index (χ0v) is 13.6. The molecule has 4 heteroatoms. The van der Waals surface area contributed by atoms with Crippen LogP contribution in [0.4, 0.5) is 0 Å². The average Bonchev–Trinajstić information content (AvgIpc) is 2.87. The summed E-state index contributed by atoms with van der Waals surface area (Å²) < 4.78 is 0. The number of hydrogen-bond acceptors (Lipinski definition) is 3. The number of carbonyl (C=O) groups is 1. The first-order valence-corrected chi connectivity index (χ1v) is 8.32. The van der Waals surface area contributed by atoms with E-state index in [0.717, 1.165) is 17.7 Å². The molecule has 1 heterocycles. The second-order valence-corrected chi connectivity index (χ2v) is 7.45. The van der Waals surface area contributed by atoms with E-state index in [0.29, 0.717) is 16.7 Å². The van der Waals surface area contributed by atoms with Crippen LogP contribution in [0, 0.1) is 17.3 Å². The number of nitrogens with one attached hydrogen (secondary N) is 1. The highest BCUT2D eigenvalue weighted by Gasteiger charge is 2.29. The Bertz CT molecular complexity index is 551. The quantitative estimate of drug-likeness (QED) is 0.843. The first kappa shape index (κ1) is 16.1. The smallest absolute Gasteiger partial charge is 0.261 e. The lowest BCUT2D eigenvalue weighted by molar-refractivity contribution is 0.0906. The molecule has 1 amide bonds. The molecule has 1 aromatic heterocycles. The molecule has 0 radical (unpaired) electrons. The largest absolute Gasteiger partial charge is 0.395 e. The Morgan fingerprint density at radius 3 is 3.05 bits per heavy atom. The number of rotatable bonds is 3. The molecule has 114 valence electrons. The zero-order valence-electron chi connectivity index (χ0n) is 12.7. The first-order chi connectivity index (χ1) is 10.00. The van der Waals surface area contributed by atoms with Crippen molar-refractivity contribution in [3.05, 3.63) is 21.9 Å². The van der Waals surface area contributed by atoms with Gasteiger partial charge in [0.25, 0.3) is 5.91 Å². The predicted octanol–water partition coefficient (Wildman–Crippen LogP) is 3.18. The van der Waals surface area contributed by atoms with Crippen molar-refractivity contribution in [2.45, 2.75) is 52.0 Å². The molecule has 1 saturated carbocycles. The Hall–Kier alpha value is -1.31. The SMILES string of the molecule is CC1(C)CCCC(NC(=O)c2ccc(C#CCCO)s2)C1. The van der Waals surface area contributed by atoms with Gasteiger partial charge in [-0.05, 0) is 36.8 Å². The van der Waals surface area contributed by atoms with E-state index < -0.39 is 0 Å². The third kappa shape index (κ3) is 4.87. The molecule has 21 heavy (non-hydrogen) atoms. The Morgan fingerprint density at radius 2 is 2.33 bits per heavy atom. The fraction of sp³-hybridized carbons (Fsp3) is 0.588. The number of hydrogen-bond donors (Lipinski definition) is 2. The van der Waals surface area contributed by atoms with Gasteiger partial charge in [0.15, 0.2) is 0 Å². The summed E-state index contributed by atoms with van der Waals surface area (Å²) in [5.74, 6) is 5.85. The molecular weight excluding hydrogens is 282 g/mol. The maximum absolute atomic E-state index is 12.3. The fourth-order valence-corrected chi connectivity index (χ4v) is 3.59. The topological polar surface area (TPSA) is 49.3 Å². The van der Waals surface area contributed by atoms with E-state index in [1.807, 2.05) is 12.1 Å². The lowest BCUT2D eigenvalue weighted by atomic mass is 9.75. The molecule has 0 spiro atoms. The molecule has 1 aliphatic rings. The molecule has 1 aromatic rings. The van der Waals surface area contributed by atoms with Crippen molar-refractivity contribution < 1.29 is 9.90 Å². The molecule has 1 unspecified atom stereocenters. The van der Waals surface area contributed by atoms with Gasteiger partial charge in [-0.2, -0.15) is 0 Å². The highest BCUT2D eigenvalue weighted by molar-refractivity contribution is 7.14. The molecule has 1 aliphatic carbocycles. The van der Waals surface area contributed by atoms with Crippen LogP contribution in [0.2, 0.25) is 0 Å². The van der Waals surface area contributed by atoms with E-state index in [9.17, 15) is 4.79 Å². The van der Waals surface area contributed by atoms with Gasteiger partial charge < -0.3 is 10.4 Å². The second kappa shape index (κ2) is 7.11. The highest BCUT2D eigenvalue weighted by Crippen LogP contribution is 2.35. The number of aliphatic hydroxyl groups excluding tert-OH is 1. The summed E-state index contributed by atoms with van der Waals surface area (Å²) in [4.78, 5) is 13.9. The second-order valence-electron chi connectivity index (χ2n) is 6.37. The van der Waals surface area contributed by atoms with Crippen LogP contribution in [-0.2, 0) is 0 Å². The van der Waals surface area contributed by atoms with Gasteiger partial charge in [-0.3, -0.25) is 4.79 Å². The average molecular weight is 305 g/mol. The van der Waals surface area contributed by atoms with E-state index in [4.69, 9.17) is 5.11 Å². The summed E-state index contributed by atoms with van der Waals surface area (Å²) in [6, 6.07) is 3.98. The van der Waals surface area contributed by atoms with E-state index in [1.54, 1.807) is 0 Å². The minimum atomic E-state index is 0.0120. The van der Waals surface area contributed by atoms with Gasteiger partial charge in [0.1, 0.15) is 0 Å². The number of aliphatic hydroxyl groups is 1. The molecule has 2 rings (SSSR count). The minimum absolute atomic E-state index is 0.0120. The number of thiophene rings is 1. The van der Waals surface area contributed by atoms with E-state index >= 15 is 0 Å². The molecule has 0 aromatic carbocycles. The van der Waals surface area contributed by atoms with Crippen LogP contribution in [-0.4, -0.2) is 23.7 Å². The Balaban J connectivity index is 1.93. The summed E-state index contributed by atoms with van der Waals surface area (Å²) in [5.41, 5.74) is 0.326. The molecule has 1 atom stereocenters. The van der Waals surface area contributed by atoms with Gasteiger partial charge in [-0.15, -0.1) is 11.3 Å². The summed E-state index contributed by atoms with van der Waals surface area (Å²) >= 11 is 1.41. The Morgan fingerprint density at radius 1 is 1.52 bits per heavy atom. The predicted molar refractivity (Wildman–Crippen MR) is 86.4 cm³/mol. The van der Waals surface area contributed by atoms with E-state index in [2.05, 4.69) is 31.0 Å². The summed E-state index contributed by atoms with van der Waals surface area (Å²) in [6.45, 7) is 4.61.